The summed E-state index contributed by atoms with van der Waals surface area (Å²) >= 11 is 0. The summed E-state index contributed by atoms with van der Waals surface area (Å²) in [4.78, 5) is 24.7. The molecule has 1 aromatic carbocycles. The predicted octanol–water partition coefficient (Wildman–Crippen LogP) is 4.39. The quantitative estimate of drug-likeness (QED) is 0.556. The van der Waals surface area contributed by atoms with Gasteiger partial charge < -0.3 is 5.11 Å². The summed E-state index contributed by atoms with van der Waals surface area (Å²) < 4.78 is 0. The van der Waals surface area contributed by atoms with E-state index in [1.807, 2.05) is 6.07 Å². The molecule has 140 valence electrons. The van der Waals surface area contributed by atoms with Gasteiger partial charge in [0.15, 0.2) is 0 Å². The first kappa shape index (κ1) is 20.0. The van der Waals surface area contributed by atoms with Crippen LogP contribution in [0.25, 0.3) is 0 Å². The molecule has 1 N–H and O–H groups in total. The van der Waals surface area contributed by atoms with Crippen molar-refractivity contribution < 1.29 is 14.7 Å². The van der Waals surface area contributed by atoms with Gasteiger partial charge in [-0.2, -0.15) is 0 Å². The number of likely N-dealkylation sites (tertiary alicyclic amines) is 1. The number of carbonyl (C=O) groups excluding carboxylic acids is 1. The first-order chi connectivity index (χ1) is 12.7. The Morgan fingerprint density at radius 1 is 1.15 bits per heavy atom. The summed E-state index contributed by atoms with van der Waals surface area (Å²) in [5, 5.41) is 8.67. The molecule has 1 unspecified atom stereocenters. The number of rotatable bonds is 8. The van der Waals surface area contributed by atoms with Gasteiger partial charge in [-0.25, -0.2) is 0 Å². The average Bonchev–Trinajstić information content (AvgIpc) is 2.81. The Hall–Kier alpha value is -2.28. The highest BCUT2D eigenvalue weighted by Crippen LogP contribution is 2.22. The molecular weight excluding hydrogens is 326 g/mol. The zero-order valence-electron chi connectivity index (χ0n) is 15.5. The summed E-state index contributed by atoms with van der Waals surface area (Å²) in [6, 6.07) is 13.7. The van der Waals surface area contributed by atoms with Gasteiger partial charge in [0, 0.05) is 31.3 Å². The largest absolute Gasteiger partial charge is 0.481 e. The lowest BCUT2D eigenvalue weighted by atomic mass is 10.0. The van der Waals surface area contributed by atoms with Crippen LogP contribution in [0.4, 0.5) is 0 Å². The van der Waals surface area contributed by atoms with Crippen LogP contribution in [0.5, 0.6) is 0 Å². The van der Waals surface area contributed by atoms with Crippen LogP contribution in [0, 0.1) is 12.0 Å². The van der Waals surface area contributed by atoms with Gasteiger partial charge in [-0.1, -0.05) is 49.1 Å². The van der Waals surface area contributed by atoms with Crippen molar-refractivity contribution in [1.29, 1.82) is 0 Å². The molecule has 26 heavy (non-hydrogen) atoms. The number of carboxylic acids is 1. The number of carbonyl (C=O) groups is 2. The lowest BCUT2D eigenvalue weighted by Crippen LogP contribution is -2.35. The minimum absolute atomic E-state index is 0.126. The lowest BCUT2D eigenvalue weighted by molar-refractivity contribution is -0.137. The van der Waals surface area contributed by atoms with Gasteiger partial charge in [-0.3, -0.25) is 14.5 Å². The highest BCUT2D eigenvalue weighted by molar-refractivity contribution is 5.78. The molecule has 1 aliphatic heterocycles. The van der Waals surface area contributed by atoms with Crippen molar-refractivity contribution in [3.63, 3.8) is 0 Å². The number of benzene rings is 1. The van der Waals surface area contributed by atoms with Gasteiger partial charge in [0.05, 0.1) is 0 Å². The molecule has 0 saturated carbocycles. The maximum atomic E-state index is 12.4. The van der Waals surface area contributed by atoms with Crippen LogP contribution in [0.15, 0.2) is 30.3 Å². The second-order valence-corrected chi connectivity index (χ2v) is 6.93. The number of aryl methyl sites for hydroxylation is 1. The molecule has 0 aromatic heterocycles. The fourth-order valence-corrected chi connectivity index (χ4v) is 3.36. The standard InChI is InChI=1S/C22H29NO3/c24-21-16-9-8-15-20(23(21)18-10-2-5-17-22(25)26)14-7-6-13-19-11-3-1-4-12-19/h1,3-4,11-12,20H,2,5-9,13-17H2,(H,25,26). The van der Waals surface area contributed by atoms with Crippen molar-refractivity contribution >= 4 is 11.9 Å². The third-order valence-corrected chi connectivity index (χ3v) is 4.80. The number of nitrogens with zero attached hydrogens (tertiary/aromatic N) is 1. The Morgan fingerprint density at radius 2 is 1.96 bits per heavy atom. The second kappa shape index (κ2) is 11.4. The van der Waals surface area contributed by atoms with Crippen LogP contribution < -0.4 is 0 Å². The minimum Gasteiger partial charge on any atom is -0.481 e. The summed E-state index contributed by atoms with van der Waals surface area (Å²) in [5.41, 5.74) is 1.36. The summed E-state index contributed by atoms with van der Waals surface area (Å²) in [6.45, 7) is 0. The van der Waals surface area contributed by atoms with E-state index in [0.717, 1.165) is 44.9 Å². The van der Waals surface area contributed by atoms with E-state index in [0.29, 0.717) is 19.3 Å². The topological polar surface area (TPSA) is 57.6 Å². The fraction of sp³-hybridized carbons (Fsp3) is 0.545. The summed E-state index contributed by atoms with van der Waals surface area (Å²) in [5.74, 6) is 2.34. The van der Waals surface area contributed by atoms with E-state index in [9.17, 15) is 9.59 Å². The number of amides is 1. The van der Waals surface area contributed by atoms with E-state index in [1.54, 1.807) is 4.90 Å². The molecule has 4 heteroatoms. The molecule has 1 atom stereocenters. The van der Waals surface area contributed by atoms with Crippen molar-refractivity contribution in [2.24, 2.45) is 0 Å². The SMILES string of the molecule is O=C(O)CCCC#CN1C(=O)CCCCC1CCCCc1ccccc1. The molecule has 1 aliphatic rings. The molecule has 1 fully saturated rings. The maximum Gasteiger partial charge on any atom is 0.303 e. The van der Waals surface area contributed by atoms with Crippen LogP contribution in [-0.4, -0.2) is 27.9 Å². The van der Waals surface area contributed by atoms with Gasteiger partial charge in [0.25, 0.3) is 0 Å². The highest BCUT2D eigenvalue weighted by Gasteiger charge is 2.24. The van der Waals surface area contributed by atoms with Gasteiger partial charge >= 0.3 is 5.97 Å². The molecule has 1 amide bonds. The second-order valence-electron chi connectivity index (χ2n) is 6.93. The fourth-order valence-electron chi connectivity index (χ4n) is 3.36. The van der Waals surface area contributed by atoms with Gasteiger partial charge in [-0.15, -0.1) is 0 Å². The van der Waals surface area contributed by atoms with E-state index in [1.165, 1.54) is 5.56 Å². The Kier molecular flexibility index (Phi) is 8.75. The van der Waals surface area contributed by atoms with Crippen LogP contribution in [0.3, 0.4) is 0 Å². The van der Waals surface area contributed by atoms with Crippen LogP contribution in [-0.2, 0) is 16.0 Å². The zero-order valence-corrected chi connectivity index (χ0v) is 15.5. The zero-order chi connectivity index (χ0) is 18.6. The smallest absolute Gasteiger partial charge is 0.303 e. The van der Waals surface area contributed by atoms with E-state index in [-0.39, 0.29) is 18.4 Å². The highest BCUT2D eigenvalue weighted by atomic mass is 16.4. The number of unbranched alkanes of at least 4 members (excludes halogenated alkanes) is 2. The van der Waals surface area contributed by atoms with Crippen molar-refractivity contribution in [3.8, 4) is 12.0 Å². The molecule has 0 bridgehead atoms. The monoisotopic (exact) mass is 355 g/mol. The molecule has 1 saturated heterocycles. The predicted molar refractivity (Wildman–Crippen MR) is 102 cm³/mol. The van der Waals surface area contributed by atoms with Gasteiger partial charge in [0.1, 0.15) is 0 Å². The Bertz CT molecular complexity index is 630. The average molecular weight is 355 g/mol. The Balaban J connectivity index is 1.82. The Labute approximate surface area is 156 Å². The maximum absolute atomic E-state index is 12.4. The summed E-state index contributed by atoms with van der Waals surface area (Å²) in [7, 11) is 0. The number of carboxylic acid groups (broad SMARTS) is 1. The normalized spacial score (nSPS) is 17.3. The number of hydrogen-bond acceptors (Lipinski definition) is 2. The third kappa shape index (κ3) is 7.31. The Morgan fingerprint density at radius 3 is 2.73 bits per heavy atom. The molecule has 4 nitrogen and oxygen atoms in total. The van der Waals surface area contributed by atoms with Crippen molar-refractivity contribution in [2.75, 3.05) is 0 Å². The number of aliphatic carboxylic acids is 1. The van der Waals surface area contributed by atoms with Crippen molar-refractivity contribution in [1.82, 2.24) is 4.90 Å². The van der Waals surface area contributed by atoms with Crippen molar-refractivity contribution in [3.05, 3.63) is 35.9 Å². The molecule has 0 spiro atoms. The molecule has 0 radical (unpaired) electrons. The van der Waals surface area contributed by atoms with Crippen molar-refractivity contribution in [2.45, 2.75) is 76.7 Å². The lowest BCUT2D eigenvalue weighted by Gasteiger charge is -2.24. The molecule has 0 aliphatic carbocycles. The van der Waals surface area contributed by atoms with E-state index < -0.39 is 5.97 Å². The summed E-state index contributed by atoms with van der Waals surface area (Å²) in [6.07, 6.45) is 9.06. The van der Waals surface area contributed by atoms with Gasteiger partial charge in [-0.05, 0) is 44.1 Å². The van der Waals surface area contributed by atoms with E-state index >= 15 is 0 Å². The molecule has 1 heterocycles. The van der Waals surface area contributed by atoms with Crippen LogP contribution >= 0.6 is 0 Å². The molecular formula is C22H29NO3. The molecule has 2 rings (SSSR count). The first-order valence-corrected chi connectivity index (χ1v) is 9.73. The van der Waals surface area contributed by atoms with E-state index in [2.05, 4.69) is 36.2 Å². The van der Waals surface area contributed by atoms with Crippen LogP contribution in [0.2, 0.25) is 0 Å². The first-order valence-electron chi connectivity index (χ1n) is 9.73. The van der Waals surface area contributed by atoms with E-state index in [4.69, 9.17) is 5.11 Å². The minimum atomic E-state index is -0.797. The van der Waals surface area contributed by atoms with Crippen LogP contribution in [0.1, 0.15) is 69.8 Å². The number of hydrogen-bond donors (Lipinski definition) is 1. The third-order valence-electron chi connectivity index (χ3n) is 4.80. The molecule has 1 aromatic rings. The van der Waals surface area contributed by atoms with Gasteiger partial charge in [0.2, 0.25) is 5.91 Å².